The fraction of sp³-hybridized carbons (Fsp3) is 0.562. The maximum atomic E-state index is 12.5. The molecule has 0 aromatic heterocycles. The first kappa shape index (κ1) is 15.8. The van der Waals surface area contributed by atoms with Crippen LogP contribution in [0.25, 0.3) is 0 Å². The lowest BCUT2D eigenvalue weighted by molar-refractivity contribution is 0.0178. The largest absolute Gasteiger partial charge is 0.497 e. The summed E-state index contributed by atoms with van der Waals surface area (Å²) in [6.45, 7) is 7.20. The van der Waals surface area contributed by atoms with E-state index in [1.807, 2.05) is 23.1 Å². The lowest BCUT2D eigenvalue weighted by atomic mass is 10.1. The number of carbonyl (C=O) groups is 1. The lowest BCUT2D eigenvalue weighted by Crippen LogP contribution is -2.51. The highest BCUT2D eigenvalue weighted by Crippen LogP contribution is 2.16. The number of carbonyl (C=O) groups excluding carboxylic acids is 1. The van der Waals surface area contributed by atoms with Crippen molar-refractivity contribution in [2.45, 2.75) is 19.4 Å². The Bertz CT molecular complexity index is 489. The van der Waals surface area contributed by atoms with Gasteiger partial charge in [-0.15, -0.1) is 0 Å². The second-order valence-electron chi connectivity index (χ2n) is 6.11. The molecule has 1 fully saturated rings. The van der Waals surface area contributed by atoms with Crippen molar-refractivity contribution < 1.29 is 14.6 Å². The molecule has 2 rings (SSSR count). The zero-order chi connectivity index (χ0) is 15.5. The van der Waals surface area contributed by atoms with Crippen LogP contribution in [0.3, 0.4) is 0 Å². The van der Waals surface area contributed by atoms with Gasteiger partial charge in [0.1, 0.15) is 5.75 Å². The van der Waals surface area contributed by atoms with Gasteiger partial charge in [0.15, 0.2) is 0 Å². The van der Waals surface area contributed by atoms with Gasteiger partial charge in [-0.2, -0.15) is 0 Å². The number of methoxy groups -OCH3 is 1. The standard InChI is InChI=1S/C16H24N2O3/c1-16(2,20)12-17-7-9-18(10-8-17)15(19)13-5-4-6-14(11-13)21-3/h4-6,11,20H,7-10,12H2,1-3H3. The van der Waals surface area contributed by atoms with Gasteiger partial charge >= 0.3 is 0 Å². The third kappa shape index (κ3) is 4.44. The highest BCUT2D eigenvalue weighted by atomic mass is 16.5. The molecule has 0 unspecified atom stereocenters. The molecule has 21 heavy (non-hydrogen) atoms. The van der Waals surface area contributed by atoms with Crippen molar-refractivity contribution in [1.82, 2.24) is 9.80 Å². The Kier molecular flexibility index (Phi) is 4.85. The van der Waals surface area contributed by atoms with Gasteiger partial charge in [-0.05, 0) is 32.0 Å². The van der Waals surface area contributed by atoms with Crippen LogP contribution in [0.2, 0.25) is 0 Å². The van der Waals surface area contributed by atoms with Crippen molar-refractivity contribution >= 4 is 5.91 Å². The molecule has 1 aromatic carbocycles. The second kappa shape index (κ2) is 6.45. The molecule has 0 radical (unpaired) electrons. The molecule has 5 nitrogen and oxygen atoms in total. The van der Waals surface area contributed by atoms with E-state index in [1.54, 1.807) is 27.0 Å². The maximum absolute atomic E-state index is 12.5. The predicted molar refractivity (Wildman–Crippen MR) is 81.6 cm³/mol. The normalized spacial score (nSPS) is 16.9. The molecule has 1 aromatic rings. The van der Waals surface area contributed by atoms with Crippen LogP contribution in [0, 0.1) is 0 Å². The number of hydrogen-bond donors (Lipinski definition) is 1. The Hall–Kier alpha value is -1.59. The van der Waals surface area contributed by atoms with Gasteiger partial charge in [-0.25, -0.2) is 0 Å². The minimum absolute atomic E-state index is 0.0387. The number of aliphatic hydroxyl groups is 1. The topological polar surface area (TPSA) is 53.0 Å². The molecule has 5 heteroatoms. The maximum Gasteiger partial charge on any atom is 0.254 e. The van der Waals surface area contributed by atoms with Crippen LogP contribution in [0.4, 0.5) is 0 Å². The number of piperazine rings is 1. The van der Waals surface area contributed by atoms with Crippen LogP contribution in [0.15, 0.2) is 24.3 Å². The Morgan fingerprint density at radius 3 is 2.52 bits per heavy atom. The van der Waals surface area contributed by atoms with Crippen LogP contribution in [-0.4, -0.2) is 66.2 Å². The molecular weight excluding hydrogens is 268 g/mol. The summed E-state index contributed by atoms with van der Waals surface area (Å²) in [6, 6.07) is 7.24. The molecule has 0 saturated carbocycles. The summed E-state index contributed by atoms with van der Waals surface area (Å²) in [6.07, 6.45) is 0. The second-order valence-corrected chi connectivity index (χ2v) is 6.11. The van der Waals surface area contributed by atoms with Crippen LogP contribution in [-0.2, 0) is 0 Å². The minimum atomic E-state index is -0.695. The summed E-state index contributed by atoms with van der Waals surface area (Å²) < 4.78 is 5.16. The van der Waals surface area contributed by atoms with Crippen molar-refractivity contribution in [2.24, 2.45) is 0 Å². The van der Waals surface area contributed by atoms with E-state index < -0.39 is 5.60 Å². The van der Waals surface area contributed by atoms with E-state index in [4.69, 9.17) is 4.74 Å². The molecule has 1 N–H and O–H groups in total. The van der Waals surface area contributed by atoms with Crippen molar-refractivity contribution in [3.05, 3.63) is 29.8 Å². The first-order valence-corrected chi connectivity index (χ1v) is 7.27. The van der Waals surface area contributed by atoms with Crippen molar-refractivity contribution in [1.29, 1.82) is 0 Å². The van der Waals surface area contributed by atoms with E-state index in [0.717, 1.165) is 13.1 Å². The molecular formula is C16H24N2O3. The van der Waals surface area contributed by atoms with Crippen molar-refractivity contribution in [3.63, 3.8) is 0 Å². The summed E-state index contributed by atoms with van der Waals surface area (Å²) in [4.78, 5) is 16.5. The summed E-state index contributed by atoms with van der Waals surface area (Å²) in [5.41, 5.74) is -0.0378. The number of rotatable bonds is 4. The monoisotopic (exact) mass is 292 g/mol. The van der Waals surface area contributed by atoms with Gasteiger partial charge in [-0.1, -0.05) is 6.07 Å². The number of β-amino-alcohol motifs (C(OH)–C–C–N with tert-alkyl or cyclic N) is 1. The highest BCUT2D eigenvalue weighted by Gasteiger charge is 2.25. The first-order chi connectivity index (χ1) is 9.89. The molecule has 0 bridgehead atoms. The number of amides is 1. The minimum Gasteiger partial charge on any atom is -0.497 e. The van der Waals surface area contributed by atoms with Gasteiger partial charge < -0.3 is 14.7 Å². The van der Waals surface area contributed by atoms with Gasteiger partial charge in [0, 0.05) is 38.3 Å². The van der Waals surface area contributed by atoms with Crippen LogP contribution < -0.4 is 4.74 Å². The smallest absolute Gasteiger partial charge is 0.254 e. The Balaban J connectivity index is 1.94. The number of ether oxygens (including phenoxy) is 1. The highest BCUT2D eigenvalue weighted by molar-refractivity contribution is 5.94. The molecule has 116 valence electrons. The molecule has 1 heterocycles. The quantitative estimate of drug-likeness (QED) is 0.907. The van der Waals surface area contributed by atoms with Crippen molar-refractivity contribution in [3.8, 4) is 5.75 Å². The van der Waals surface area contributed by atoms with E-state index in [9.17, 15) is 9.90 Å². The molecule has 1 aliphatic heterocycles. The van der Waals surface area contributed by atoms with Crippen molar-refractivity contribution in [2.75, 3.05) is 39.8 Å². The summed E-state index contributed by atoms with van der Waals surface area (Å²) in [5.74, 6) is 0.735. The van der Waals surface area contributed by atoms with Gasteiger partial charge in [0.2, 0.25) is 0 Å². The van der Waals surface area contributed by atoms with Crippen LogP contribution >= 0.6 is 0 Å². The summed E-state index contributed by atoms with van der Waals surface area (Å²) >= 11 is 0. The third-order valence-corrected chi connectivity index (χ3v) is 3.59. The number of nitrogens with zero attached hydrogens (tertiary/aromatic N) is 2. The molecule has 0 aliphatic carbocycles. The Morgan fingerprint density at radius 1 is 1.29 bits per heavy atom. The van der Waals surface area contributed by atoms with E-state index in [0.29, 0.717) is 30.9 Å². The zero-order valence-corrected chi connectivity index (χ0v) is 13.0. The van der Waals surface area contributed by atoms with Crippen LogP contribution in [0.5, 0.6) is 5.75 Å². The molecule has 0 atom stereocenters. The predicted octanol–water partition coefficient (Wildman–Crippen LogP) is 1.22. The number of hydrogen-bond acceptors (Lipinski definition) is 4. The van der Waals surface area contributed by atoms with Gasteiger partial charge in [0.05, 0.1) is 12.7 Å². The van der Waals surface area contributed by atoms with E-state index in [2.05, 4.69) is 4.90 Å². The molecule has 1 saturated heterocycles. The lowest BCUT2D eigenvalue weighted by Gasteiger charge is -2.37. The summed E-state index contributed by atoms with van der Waals surface area (Å²) in [7, 11) is 1.60. The Morgan fingerprint density at radius 2 is 1.95 bits per heavy atom. The average molecular weight is 292 g/mol. The van der Waals surface area contributed by atoms with E-state index in [1.165, 1.54) is 0 Å². The first-order valence-electron chi connectivity index (χ1n) is 7.27. The Labute approximate surface area is 126 Å². The summed E-state index contributed by atoms with van der Waals surface area (Å²) in [5, 5.41) is 9.84. The molecule has 1 amide bonds. The fourth-order valence-electron chi connectivity index (χ4n) is 2.59. The fourth-order valence-corrected chi connectivity index (χ4v) is 2.59. The number of benzene rings is 1. The zero-order valence-electron chi connectivity index (χ0n) is 13.0. The average Bonchev–Trinajstić information content (AvgIpc) is 2.46. The van der Waals surface area contributed by atoms with Gasteiger partial charge in [-0.3, -0.25) is 9.69 Å². The van der Waals surface area contributed by atoms with E-state index in [-0.39, 0.29) is 5.91 Å². The SMILES string of the molecule is COc1cccc(C(=O)N2CCN(CC(C)(C)O)CC2)c1. The van der Waals surface area contributed by atoms with E-state index >= 15 is 0 Å². The molecule has 0 spiro atoms. The van der Waals surface area contributed by atoms with Gasteiger partial charge in [0.25, 0.3) is 5.91 Å². The molecule has 1 aliphatic rings. The third-order valence-electron chi connectivity index (χ3n) is 3.59. The van der Waals surface area contributed by atoms with Crippen LogP contribution in [0.1, 0.15) is 24.2 Å².